The summed E-state index contributed by atoms with van der Waals surface area (Å²) in [4.78, 5) is 67.8. The molecular weight excluding hydrogens is 479 g/mol. The van der Waals surface area contributed by atoms with Gasteiger partial charge in [0, 0.05) is 32.6 Å². The molecule has 3 aliphatic rings. The van der Waals surface area contributed by atoms with Crippen LogP contribution >= 0.6 is 0 Å². The van der Waals surface area contributed by atoms with Crippen LogP contribution in [0.5, 0.6) is 0 Å². The zero-order valence-corrected chi connectivity index (χ0v) is 20.4. The predicted octanol–water partition coefficient (Wildman–Crippen LogP) is 1.90. The highest BCUT2D eigenvalue weighted by Gasteiger charge is 2.46. The fourth-order valence-electron chi connectivity index (χ4n) is 5.39. The highest BCUT2D eigenvalue weighted by atomic mass is 19.1. The third-order valence-corrected chi connectivity index (χ3v) is 7.49. The van der Waals surface area contributed by atoms with Gasteiger partial charge in [-0.3, -0.25) is 34.2 Å². The summed E-state index contributed by atoms with van der Waals surface area (Å²) >= 11 is 0. The van der Waals surface area contributed by atoms with Gasteiger partial charge in [-0.1, -0.05) is 24.3 Å². The summed E-state index contributed by atoms with van der Waals surface area (Å²) in [6, 6.07) is 10.3. The second-order valence-corrected chi connectivity index (χ2v) is 9.64. The fraction of sp³-hybridized carbons (Fsp3) is 0.370. The maximum atomic E-state index is 14.0. The van der Waals surface area contributed by atoms with Gasteiger partial charge in [-0.15, -0.1) is 0 Å². The van der Waals surface area contributed by atoms with Gasteiger partial charge in [-0.05, 0) is 43.0 Å². The lowest BCUT2D eigenvalue weighted by atomic mass is 9.99. The minimum Gasteiger partial charge on any atom is -0.371 e. The molecule has 5 amide bonds. The molecule has 3 heterocycles. The van der Waals surface area contributed by atoms with Crippen LogP contribution in [0.1, 0.15) is 52.0 Å². The second-order valence-electron chi connectivity index (χ2n) is 9.64. The normalized spacial score (nSPS) is 20.2. The second kappa shape index (κ2) is 9.76. The Morgan fingerprint density at radius 3 is 2.43 bits per heavy atom. The van der Waals surface area contributed by atoms with E-state index in [0.717, 1.165) is 4.90 Å². The molecule has 2 aromatic rings. The third kappa shape index (κ3) is 4.47. The van der Waals surface area contributed by atoms with Crippen LogP contribution in [0, 0.1) is 5.82 Å². The minimum atomic E-state index is -1.02. The van der Waals surface area contributed by atoms with E-state index < -0.39 is 35.5 Å². The summed E-state index contributed by atoms with van der Waals surface area (Å²) < 4.78 is 14.0. The molecule has 2 fully saturated rings. The number of anilines is 1. The third-order valence-electron chi connectivity index (χ3n) is 7.49. The Morgan fingerprint density at radius 1 is 1.00 bits per heavy atom. The fourth-order valence-corrected chi connectivity index (χ4v) is 5.39. The van der Waals surface area contributed by atoms with Crippen LogP contribution in [0.4, 0.5) is 10.1 Å². The van der Waals surface area contributed by atoms with Crippen molar-refractivity contribution < 1.29 is 28.4 Å². The summed E-state index contributed by atoms with van der Waals surface area (Å²) in [6.07, 6.45) is 1.43. The van der Waals surface area contributed by atoms with Gasteiger partial charge in [0.25, 0.3) is 11.8 Å². The van der Waals surface area contributed by atoms with E-state index in [0.29, 0.717) is 37.2 Å². The zero-order valence-electron chi connectivity index (χ0n) is 20.4. The average molecular weight is 507 g/mol. The van der Waals surface area contributed by atoms with E-state index in [1.807, 2.05) is 4.90 Å². The summed E-state index contributed by atoms with van der Waals surface area (Å²) in [5.41, 5.74) is 1.48. The van der Waals surface area contributed by atoms with Crippen molar-refractivity contribution in [3.63, 3.8) is 0 Å². The van der Waals surface area contributed by atoms with E-state index in [1.165, 1.54) is 6.07 Å². The number of rotatable bonds is 5. The van der Waals surface area contributed by atoms with Crippen LogP contribution in [0.3, 0.4) is 0 Å². The Kier molecular flexibility index (Phi) is 6.49. The topological polar surface area (TPSA) is 107 Å². The summed E-state index contributed by atoms with van der Waals surface area (Å²) in [7, 11) is 1.73. The van der Waals surface area contributed by atoms with Gasteiger partial charge in [0.15, 0.2) is 0 Å². The van der Waals surface area contributed by atoms with E-state index in [9.17, 15) is 28.4 Å². The number of fused-ring (bicyclic) bond motifs is 1. The van der Waals surface area contributed by atoms with Gasteiger partial charge in [0.2, 0.25) is 17.7 Å². The van der Waals surface area contributed by atoms with E-state index in [2.05, 4.69) is 5.32 Å². The summed E-state index contributed by atoms with van der Waals surface area (Å²) in [6.45, 7) is 1.11. The lowest BCUT2D eigenvalue weighted by Gasteiger charge is -2.38. The van der Waals surface area contributed by atoms with Crippen molar-refractivity contribution in [2.24, 2.45) is 0 Å². The van der Waals surface area contributed by atoms with Crippen molar-refractivity contribution in [3.8, 4) is 0 Å². The number of benzene rings is 2. The zero-order chi connectivity index (χ0) is 26.3. The van der Waals surface area contributed by atoms with Gasteiger partial charge < -0.3 is 9.80 Å². The van der Waals surface area contributed by atoms with Gasteiger partial charge in [0.05, 0.1) is 23.2 Å². The molecule has 3 aliphatic heterocycles. The van der Waals surface area contributed by atoms with Gasteiger partial charge in [0.1, 0.15) is 11.9 Å². The molecule has 1 atom stereocenters. The first-order valence-electron chi connectivity index (χ1n) is 12.3. The van der Waals surface area contributed by atoms with Crippen molar-refractivity contribution >= 4 is 35.2 Å². The largest absolute Gasteiger partial charge is 0.371 e. The molecule has 192 valence electrons. The Labute approximate surface area is 213 Å². The number of amides is 5. The Morgan fingerprint density at radius 2 is 1.73 bits per heavy atom. The molecule has 10 heteroatoms. The van der Waals surface area contributed by atoms with Crippen molar-refractivity contribution in [2.45, 2.75) is 44.2 Å². The molecule has 0 radical (unpaired) electrons. The first-order valence-corrected chi connectivity index (χ1v) is 12.3. The molecule has 0 spiro atoms. The Balaban J connectivity index is 1.28. The lowest BCUT2D eigenvalue weighted by Crippen LogP contribution is -2.54. The molecule has 5 rings (SSSR count). The molecule has 1 unspecified atom stereocenters. The number of hydrogen-bond acceptors (Lipinski definition) is 6. The van der Waals surface area contributed by atoms with E-state index in [-0.39, 0.29) is 42.3 Å². The van der Waals surface area contributed by atoms with Crippen LogP contribution in [0.15, 0.2) is 42.5 Å². The number of carbonyl (C=O) groups excluding carboxylic acids is 5. The van der Waals surface area contributed by atoms with Crippen molar-refractivity contribution in [3.05, 3.63) is 65.0 Å². The number of piperidine rings is 2. The van der Waals surface area contributed by atoms with Crippen LogP contribution in [0.25, 0.3) is 0 Å². The molecule has 0 aromatic heterocycles. The minimum absolute atomic E-state index is 0.0115. The molecule has 2 aromatic carbocycles. The van der Waals surface area contributed by atoms with Gasteiger partial charge >= 0.3 is 0 Å². The maximum absolute atomic E-state index is 14.0. The molecule has 0 saturated carbocycles. The first kappa shape index (κ1) is 24.6. The average Bonchev–Trinajstić information content (AvgIpc) is 3.15. The maximum Gasteiger partial charge on any atom is 0.264 e. The van der Waals surface area contributed by atoms with Gasteiger partial charge in [-0.2, -0.15) is 0 Å². The van der Waals surface area contributed by atoms with Crippen molar-refractivity contribution in [2.75, 3.05) is 25.0 Å². The Bertz CT molecular complexity index is 1300. The SMILES string of the molecule is CN(C(=O)Cc1ccccc1F)C1CCN(c2cccc3c2C(=O)N(C2CCC(=O)NC2=O)C3=O)CC1. The van der Waals surface area contributed by atoms with E-state index in [1.54, 1.807) is 48.3 Å². The standard InChI is InChI=1S/C27H27FN4O5/c1-30(23(34)15-16-5-2-3-7-19(16)28)17-11-13-31(14-12-17)20-8-4-6-18-24(20)27(37)32(26(18)36)21-9-10-22(33)29-25(21)35/h2-8,17,21H,9-15H2,1H3,(H,29,33,35). The number of carbonyl (C=O) groups is 5. The summed E-state index contributed by atoms with van der Waals surface area (Å²) in [5.74, 6) is -2.70. The monoisotopic (exact) mass is 506 g/mol. The van der Waals surface area contributed by atoms with Crippen molar-refractivity contribution in [1.82, 2.24) is 15.1 Å². The van der Waals surface area contributed by atoms with Crippen molar-refractivity contribution in [1.29, 1.82) is 0 Å². The molecule has 2 saturated heterocycles. The number of imide groups is 2. The molecule has 37 heavy (non-hydrogen) atoms. The predicted molar refractivity (Wildman–Crippen MR) is 131 cm³/mol. The molecule has 0 bridgehead atoms. The Hall–Kier alpha value is -4.08. The number of nitrogens with zero attached hydrogens (tertiary/aromatic N) is 3. The highest BCUT2D eigenvalue weighted by Crippen LogP contribution is 2.35. The molecule has 0 aliphatic carbocycles. The number of halogens is 1. The van der Waals surface area contributed by atoms with E-state index >= 15 is 0 Å². The van der Waals surface area contributed by atoms with E-state index in [4.69, 9.17) is 0 Å². The van der Waals surface area contributed by atoms with Crippen LogP contribution in [0.2, 0.25) is 0 Å². The van der Waals surface area contributed by atoms with Crippen LogP contribution < -0.4 is 10.2 Å². The first-order chi connectivity index (χ1) is 17.8. The molecular formula is C27H27FN4O5. The molecule has 1 N–H and O–H groups in total. The van der Waals surface area contributed by atoms with Gasteiger partial charge in [-0.25, -0.2) is 4.39 Å². The number of likely N-dealkylation sites (N-methyl/N-ethyl adjacent to an activating group) is 1. The van der Waals surface area contributed by atoms with Crippen LogP contribution in [-0.4, -0.2) is 71.6 Å². The lowest BCUT2D eigenvalue weighted by molar-refractivity contribution is -0.136. The highest BCUT2D eigenvalue weighted by molar-refractivity contribution is 6.25. The smallest absolute Gasteiger partial charge is 0.264 e. The summed E-state index contributed by atoms with van der Waals surface area (Å²) in [5, 5.41) is 2.21. The quantitative estimate of drug-likeness (QED) is 0.621. The van der Waals surface area contributed by atoms with Crippen LogP contribution in [-0.2, 0) is 20.8 Å². The molecule has 9 nitrogen and oxygen atoms in total. The number of nitrogens with one attached hydrogen (secondary N) is 1. The number of hydrogen-bond donors (Lipinski definition) is 1.